The van der Waals surface area contributed by atoms with Crippen molar-refractivity contribution in [1.82, 2.24) is 9.46 Å². The van der Waals surface area contributed by atoms with Crippen LogP contribution < -0.4 is 0 Å². The topological polar surface area (TPSA) is 63.4 Å². The number of thiophene rings is 1. The Balaban J connectivity index is 1.96. The highest BCUT2D eigenvalue weighted by Crippen LogP contribution is 2.35. The van der Waals surface area contributed by atoms with Crippen molar-refractivity contribution in [2.24, 2.45) is 0 Å². The molecule has 7 heteroatoms. The van der Waals surface area contributed by atoms with Gasteiger partial charge in [0.25, 0.3) is 10.0 Å². The van der Waals surface area contributed by atoms with Gasteiger partial charge >= 0.3 is 0 Å². The van der Waals surface area contributed by atoms with Gasteiger partial charge in [-0.25, -0.2) is 8.42 Å². The summed E-state index contributed by atoms with van der Waals surface area (Å²) in [6, 6.07) is 3.45. The van der Waals surface area contributed by atoms with Crippen LogP contribution in [0.3, 0.4) is 0 Å². The quantitative estimate of drug-likeness (QED) is 0.874. The lowest BCUT2D eigenvalue weighted by atomic mass is 10.2. The Morgan fingerprint density at radius 3 is 2.55 bits per heavy atom. The summed E-state index contributed by atoms with van der Waals surface area (Å²) in [7, 11) is -3.34. The average molecular weight is 312 g/mol. The van der Waals surface area contributed by atoms with Gasteiger partial charge in [0, 0.05) is 18.7 Å². The molecule has 2 aromatic rings. The minimum atomic E-state index is -3.34. The molecule has 108 valence electrons. The summed E-state index contributed by atoms with van der Waals surface area (Å²) < 4.78 is 32.1. The average Bonchev–Trinajstić information content (AvgIpc) is 3.12. The lowest BCUT2D eigenvalue weighted by Gasteiger charge is -2.13. The highest BCUT2D eigenvalue weighted by molar-refractivity contribution is 7.91. The van der Waals surface area contributed by atoms with Gasteiger partial charge in [0.1, 0.15) is 4.21 Å². The highest BCUT2D eigenvalue weighted by atomic mass is 32.2. The van der Waals surface area contributed by atoms with Gasteiger partial charge in [0.15, 0.2) is 5.76 Å². The van der Waals surface area contributed by atoms with Crippen molar-refractivity contribution < 1.29 is 12.9 Å². The molecule has 0 bridgehead atoms. The largest absolute Gasteiger partial charge is 0.355 e. The molecule has 0 aliphatic carbocycles. The molecule has 20 heavy (non-hydrogen) atoms. The molecule has 0 N–H and O–H groups in total. The molecule has 5 nitrogen and oxygen atoms in total. The first kappa shape index (κ1) is 13.8. The fourth-order valence-corrected chi connectivity index (χ4v) is 5.29. The summed E-state index contributed by atoms with van der Waals surface area (Å²) in [5, 5.41) is 3.91. The molecule has 3 rings (SSSR count). The van der Waals surface area contributed by atoms with Gasteiger partial charge in [0.2, 0.25) is 0 Å². The molecule has 1 aliphatic heterocycles. The van der Waals surface area contributed by atoms with E-state index in [0.717, 1.165) is 29.0 Å². The molecular weight excluding hydrogens is 296 g/mol. The van der Waals surface area contributed by atoms with Crippen LogP contribution in [0.15, 0.2) is 20.9 Å². The summed E-state index contributed by atoms with van der Waals surface area (Å²) in [4.78, 5) is 0.806. The van der Waals surface area contributed by atoms with Crippen LogP contribution in [0, 0.1) is 13.8 Å². The van der Waals surface area contributed by atoms with Crippen molar-refractivity contribution in [3.05, 3.63) is 23.4 Å². The van der Waals surface area contributed by atoms with E-state index in [1.54, 1.807) is 16.4 Å². The summed E-state index contributed by atoms with van der Waals surface area (Å²) in [5.74, 6) is 0.662. The van der Waals surface area contributed by atoms with Crippen LogP contribution in [0.25, 0.3) is 10.6 Å². The zero-order valence-electron chi connectivity index (χ0n) is 11.4. The van der Waals surface area contributed by atoms with Gasteiger partial charge in [-0.1, -0.05) is 5.16 Å². The van der Waals surface area contributed by atoms with E-state index in [1.807, 2.05) is 13.8 Å². The van der Waals surface area contributed by atoms with E-state index < -0.39 is 10.0 Å². The van der Waals surface area contributed by atoms with Gasteiger partial charge < -0.3 is 4.52 Å². The van der Waals surface area contributed by atoms with Crippen molar-refractivity contribution in [3.8, 4) is 10.6 Å². The summed E-state index contributed by atoms with van der Waals surface area (Å²) in [6.45, 7) is 5.04. The SMILES string of the molecule is Cc1noc(-c2ccc(S(=O)(=O)N3CCCC3)s2)c1C. The van der Waals surface area contributed by atoms with E-state index in [9.17, 15) is 8.42 Å². The van der Waals surface area contributed by atoms with Gasteiger partial charge in [0.05, 0.1) is 10.6 Å². The van der Waals surface area contributed by atoms with Crippen LogP contribution in [0.1, 0.15) is 24.1 Å². The number of aryl methyl sites for hydroxylation is 1. The second-order valence-electron chi connectivity index (χ2n) is 4.95. The fourth-order valence-electron chi connectivity index (χ4n) is 2.28. The Hall–Kier alpha value is -1.18. The Morgan fingerprint density at radius 1 is 1.25 bits per heavy atom. The fraction of sp³-hybridized carbons (Fsp3) is 0.462. The highest BCUT2D eigenvalue weighted by Gasteiger charge is 2.29. The molecule has 1 saturated heterocycles. The summed E-state index contributed by atoms with van der Waals surface area (Å²) >= 11 is 1.24. The van der Waals surface area contributed by atoms with Gasteiger partial charge in [-0.05, 0) is 38.8 Å². The van der Waals surface area contributed by atoms with E-state index in [0.29, 0.717) is 23.1 Å². The molecule has 0 amide bonds. The monoisotopic (exact) mass is 312 g/mol. The number of nitrogens with zero attached hydrogens (tertiary/aromatic N) is 2. The van der Waals surface area contributed by atoms with Crippen LogP contribution in [0.4, 0.5) is 0 Å². The molecule has 2 aromatic heterocycles. The third-order valence-electron chi connectivity index (χ3n) is 3.62. The maximum absolute atomic E-state index is 12.5. The lowest BCUT2D eigenvalue weighted by molar-refractivity contribution is 0.427. The first-order valence-corrected chi connectivity index (χ1v) is 8.79. The van der Waals surface area contributed by atoms with E-state index in [4.69, 9.17) is 4.52 Å². The van der Waals surface area contributed by atoms with Gasteiger partial charge in [-0.15, -0.1) is 11.3 Å². The van der Waals surface area contributed by atoms with Crippen LogP contribution in [0.2, 0.25) is 0 Å². The second kappa shape index (κ2) is 4.98. The predicted molar refractivity (Wildman–Crippen MR) is 77.3 cm³/mol. The standard InChI is InChI=1S/C13H16N2O3S2/c1-9-10(2)14-18-13(9)11-5-6-12(19-11)20(16,17)15-7-3-4-8-15/h5-6H,3-4,7-8H2,1-2H3. The molecule has 0 unspecified atom stereocenters. The number of rotatable bonds is 3. The molecule has 1 fully saturated rings. The Kier molecular flexibility index (Phi) is 3.43. The third kappa shape index (κ3) is 2.19. The number of sulfonamides is 1. The molecule has 0 aromatic carbocycles. The minimum Gasteiger partial charge on any atom is -0.355 e. The molecular formula is C13H16N2O3S2. The summed E-state index contributed by atoms with van der Waals surface area (Å²) in [5.41, 5.74) is 1.79. The van der Waals surface area contributed by atoms with Crippen molar-refractivity contribution >= 4 is 21.4 Å². The first-order chi connectivity index (χ1) is 9.50. The van der Waals surface area contributed by atoms with E-state index in [-0.39, 0.29) is 0 Å². The Bertz CT molecular complexity index is 725. The second-order valence-corrected chi connectivity index (χ2v) is 8.20. The molecule has 1 aliphatic rings. The first-order valence-electron chi connectivity index (χ1n) is 6.53. The predicted octanol–water partition coefficient (Wildman–Crippen LogP) is 2.80. The van der Waals surface area contributed by atoms with E-state index in [1.165, 1.54) is 11.3 Å². The molecule has 0 radical (unpaired) electrons. The number of hydrogen-bond acceptors (Lipinski definition) is 5. The zero-order valence-corrected chi connectivity index (χ0v) is 13.1. The van der Waals surface area contributed by atoms with Crippen LogP contribution in [-0.2, 0) is 10.0 Å². The normalized spacial score (nSPS) is 16.9. The van der Waals surface area contributed by atoms with Crippen LogP contribution >= 0.6 is 11.3 Å². The van der Waals surface area contributed by atoms with Crippen molar-refractivity contribution in [3.63, 3.8) is 0 Å². The van der Waals surface area contributed by atoms with Crippen molar-refractivity contribution in [1.29, 1.82) is 0 Å². The maximum atomic E-state index is 12.5. The smallest absolute Gasteiger partial charge is 0.252 e. The zero-order chi connectivity index (χ0) is 14.3. The minimum absolute atomic E-state index is 0.378. The summed E-state index contributed by atoms with van der Waals surface area (Å²) in [6.07, 6.45) is 1.88. The van der Waals surface area contributed by atoms with Gasteiger partial charge in [-0.3, -0.25) is 0 Å². The van der Waals surface area contributed by atoms with Crippen molar-refractivity contribution in [2.45, 2.75) is 30.9 Å². The van der Waals surface area contributed by atoms with Gasteiger partial charge in [-0.2, -0.15) is 4.31 Å². The maximum Gasteiger partial charge on any atom is 0.252 e. The molecule has 0 saturated carbocycles. The lowest BCUT2D eigenvalue weighted by Crippen LogP contribution is -2.27. The number of hydrogen-bond donors (Lipinski definition) is 0. The Labute approximate surface area is 122 Å². The molecule has 0 atom stereocenters. The van der Waals surface area contributed by atoms with Crippen LogP contribution in [0.5, 0.6) is 0 Å². The van der Waals surface area contributed by atoms with Crippen LogP contribution in [-0.4, -0.2) is 31.0 Å². The Morgan fingerprint density at radius 2 is 1.95 bits per heavy atom. The molecule has 3 heterocycles. The van der Waals surface area contributed by atoms with E-state index in [2.05, 4.69) is 5.16 Å². The molecule has 0 spiro atoms. The van der Waals surface area contributed by atoms with E-state index >= 15 is 0 Å². The number of aromatic nitrogens is 1. The van der Waals surface area contributed by atoms with Crippen molar-refractivity contribution in [2.75, 3.05) is 13.1 Å². The third-order valence-corrected chi connectivity index (χ3v) is 7.07.